The number of carbonyl (C=O) groups excluding carboxylic acids is 2. The summed E-state index contributed by atoms with van der Waals surface area (Å²) in [7, 11) is 1.92. The van der Waals surface area contributed by atoms with Gasteiger partial charge in [-0.15, -0.1) is 0 Å². The minimum absolute atomic E-state index is 0.0181. The van der Waals surface area contributed by atoms with E-state index in [9.17, 15) is 48.6 Å². The van der Waals surface area contributed by atoms with Crippen LogP contribution < -0.4 is 33.1 Å². The van der Waals surface area contributed by atoms with Crippen LogP contribution in [0.5, 0.6) is 0 Å². The molecule has 0 radical (unpaired) electrons. The Labute approximate surface area is 258 Å². The lowest BCUT2D eigenvalue weighted by atomic mass is 9.95. The number of carboxylic acids is 2. The van der Waals surface area contributed by atoms with Crippen molar-refractivity contribution in [3.8, 4) is 0 Å². The van der Waals surface area contributed by atoms with Crippen LogP contribution in [0.1, 0.15) is 48.4 Å². The number of piperazine rings is 2. The van der Waals surface area contributed by atoms with Gasteiger partial charge >= 0.3 is 34.4 Å². The Morgan fingerprint density at radius 3 is 1.33 bits per heavy atom. The SMILES string of the molecule is C1CNCCN1.CC(=O)c1cc(C(=O)N2CCN(C)CC2)c(C(=O)O)cc1C(=O)O.O=c1oc(=O)c2cc3c(=O)oc(=O)c3cc12. The molecule has 4 heterocycles. The van der Waals surface area contributed by atoms with Gasteiger partial charge in [-0.2, -0.15) is 0 Å². The first-order chi connectivity index (χ1) is 21.8. The summed E-state index contributed by atoms with van der Waals surface area (Å²) in [5.41, 5.74) is -4.47. The fraction of sp³-hybridized carbons (Fsp3) is 0.333. The summed E-state index contributed by atoms with van der Waals surface area (Å²) in [6.07, 6.45) is 0. The monoisotopic (exact) mass is 638 g/mol. The van der Waals surface area contributed by atoms with E-state index in [-0.39, 0.29) is 32.7 Å². The molecule has 1 amide bonds. The second-order valence-electron chi connectivity index (χ2n) is 10.5. The molecule has 6 rings (SSSR count). The number of nitrogens with zero attached hydrogens (tertiary/aromatic N) is 2. The van der Waals surface area contributed by atoms with Crippen LogP contribution in [0.2, 0.25) is 0 Å². The molecule has 0 aliphatic carbocycles. The second-order valence-corrected chi connectivity index (χ2v) is 10.5. The molecule has 0 unspecified atom stereocenters. The predicted molar refractivity (Wildman–Crippen MR) is 163 cm³/mol. The number of aromatic carboxylic acids is 2. The summed E-state index contributed by atoms with van der Waals surface area (Å²) in [5.74, 6) is -3.89. The van der Waals surface area contributed by atoms with Crippen LogP contribution in [0.4, 0.5) is 0 Å². The van der Waals surface area contributed by atoms with Gasteiger partial charge in [0.1, 0.15) is 0 Å². The number of benzene rings is 2. The minimum Gasteiger partial charge on any atom is -0.478 e. The number of hydrogen-bond donors (Lipinski definition) is 4. The third-order valence-electron chi connectivity index (χ3n) is 7.38. The van der Waals surface area contributed by atoms with Crippen molar-refractivity contribution in [2.24, 2.45) is 0 Å². The predicted octanol–water partition coefficient (Wildman–Crippen LogP) is -0.652. The van der Waals surface area contributed by atoms with Crippen molar-refractivity contribution in [2.45, 2.75) is 6.92 Å². The number of Topliss-reactive ketones (excluding diaryl/α,β-unsaturated/α-hetero) is 1. The molecule has 0 atom stereocenters. The zero-order valence-electron chi connectivity index (χ0n) is 24.8. The van der Waals surface area contributed by atoms with Crippen LogP contribution in [0.3, 0.4) is 0 Å². The normalized spacial score (nSPS) is 15.0. The summed E-state index contributed by atoms with van der Waals surface area (Å²) in [5, 5.41) is 24.9. The Balaban J connectivity index is 0.000000185. The summed E-state index contributed by atoms with van der Waals surface area (Å²) < 4.78 is 8.68. The molecule has 46 heavy (non-hydrogen) atoms. The maximum absolute atomic E-state index is 12.7. The molecule has 16 nitrogen and oxygen atoms in total. The Bertz CT molecular complexity index is 1870. The smallest absolute Gasteiger partial charge is 0.346 e. The average molecular weight is 639 g/mol. The quantitative estimate of drug-likeness (QED) is 0.203. The number of ketones is 1. The molecule has 242 valence electrons. The molecule has 0 saturated carbocycles. The van der Waals surface area contributed by atoms with E-state index in [4.69, 9.17) is 0 Å². The van der Waals surface area contributed by atoms with Gasteiger partial charge in [0, 0.05) is 57.9 Å². The van der Waals surface area contributed by atoms with Crippen molar-refractivity contribution < 1.29 is 38.2 Å². The number of rotatable bonds is 4. The fourth-order valence-corrected chi connectivity index (χ4v) is 4.87. The average Bonchev–Trinajstić information content (AvgIpc) is 3.48. The van der Waals surface area contributed by atoms with Gasteiger partial charge in [0.15, 0.2) is 5.78 Å². The fourth-order valence-electron chi connectivity index (χ4n) is 4.87. The molecule has 4 aromatic rings. The van der Waals surface area contributed by atoms with Crippen molar-refractivity contribution in [3.63, 3.8) is 0 Å². The van der Waals surface area contributed by atoms with Gasteiger partial charge < -0.3 is 39.5 Å². The van der Waals surface area contributed by atoms with Gasteiger partial charge in [-0.3, -0.25) is 9.59 Å². The molecule has 0 spiro atoms. The van der Waals surface area contributed by atoms with E-state index in [1.807, 2.05) is 11.9 Å². The maximum atomic E-state index is 12.7. The number of carbonyl (C=O) groups is 4. The molecule has 4 N–H and O–H groups in total. The zero-order valence-corrected chi connectivity index (χ0v) is 24.8. The summed E-state index contributed by atoms with van der Waals surface area (Å²) in [6, 6.07) is 4.25. The van der Waals surface area contributed by atoms with E-state index in [0.717, 1.165) is 50.4 Å². The standard InChI is InChI=1S/C16H18N2O6.C10H2O6.C4H10N2/c1-9(19)10-7-11(13(16(23)24)8-12(10)15(21)22)14(20)18-5-3-17(2)4-6-18;11-7-3-1-4-6(10(14)16-8(4)12)2-5(3)9(13)15-7;1-2-6-4-3-5-1/h7-8H,3-6H2,1-2H3,(H,21,22)(H,23,24);1-2H;5-6H,1-4H2. The molecule has 2 saturated heterocycles. The lowest BCUT2D eigenvalue weighted by molar-refractivity contribution is 0.0633. The van der Waals surface area contributed by atoms with Gasteiger partial charge in [0.05, 0.1) is 38.2 Å². The van der Waals surface area contributed by atoms with Crippen molar-refractivity contribution >= 4 is 45.2 Å². The summed E-state index contributed by atoms with van der Waals surface area (Å²) >= 11 is 0. The Hall–Kier alpha value is -5.32. The number of nitrogens with one attached hydrogen (secondary N) is 2. The van der Waals surface area contributed by atoms with Gasteiger partial charge in [-0.05, 0) is 38.2 Å². The highest BCUT2D eigenvalue weighted by molar-refractivity contribution is 6.11. The molecule has 2 aliphatic heterocycles. The first-order valence-electron chi connectivity index (χ1n) is 14.1. The number of hydrogen-bond acceptors (Lipinski definition) is 13. The van der Waals surface area contributed by atoms with E-state index < -0.39 is 57.3 Å². The van der Waals surface area contributed by atoms with Crippen molar-refractivity contribution in [1.29, 1.82) is 0 Å². The second kappa shape index (κ2) is 14.2. The Morgan fingerprint density at radius 1 is 0.609 bits per heavy atom. The topological polar surface area (TPSA) is 234 Å². The third-order valence-corrected chi connectivity index (χ3v) is 7.38. The number of fused-ring (bicyclic) bond motifs is 2. The third kappa shape index (κ3) is 7.31. The summed E-state index contributed by atoms with van der Waals surface area (Å²) in [4.78, 5) is 95.4. The number of likely N-dealkylation sites (N-methyl/N-ethyl adjacent to an activating group) is 1. The zero-order chi connectivity index (χ0) is 33.7. The van der Waals surface area contributed by atoms with Crippen LogP contribution in [0.25, 0.3) is 21.5 Å². The Kier molecular flexibility index (Phi) is 10.4. The molecule has 2 aliphatic rings. The van der Waals surface area contributed by atoms with E-state index in [1.54, 1.807) is 0 Å². The first kappa shape index (κ1) is 33.6. The molecular formula is C30H30N4O12. The number of furan rings is 2. The van der Waals surface area contributed by atoms with E-state index >= 15 is 0 Å². The van der Waals surface area contributed by atoms with E-state index in [0.29, 0.717) is 26.2 Å². The summed E-state index contributed by atoms with van der Waals surface area (Å²) in [6.45, 7) is 7.91. The van der Waals surface area contributed by atoms with Gasteiger partial charge in [0.25, 0.3) is 5.91 Å². The first-order valence-corrected chi connectivity index (χ1v) is 14.1. The van der Waals surface area contributed by atoms with Crippen LogP contribution in [0.15, 0.2) is 52.3 Å². The Morgan fingerprint density at radius 2 is 0.978 bits per heavy atom. The van der Waals surface area contributed by atoms with Gasteiger partial charge in [0.2, 0.25) is 0 Å². The molecule has 0 bridgehead atoms. The number of carboxylic acid groups (broad SMARTS) is 2. The lowest BCUT2D eigenvalue weighted by Crippen LogP contribution is -2.47. The molecular weight excluding hydrogens is 608 g/mol. The highest BCUT2D eigenvalue weighted by atomic mass is 16.4. The highest BCUT2D eigenvalue weighted by Gasteiger charge is 2.28. The van der Waals surface area contributed by atoms with Crippen LogP contribution in [-0.2, 0) is 0 Å². The van der Waals surface area contributed by atoms with Crippen LogP contribution in [-0.4, -0.2) is 103 Å². The molecule has 16 heteroatoms. The highest BCUT2D eigenvalue weighted by Crippen LogP contribution is 2.21. The molecule has 2 aromatic carbocycles. The minimum atomic E-state index is -1.42. The van der Waals surface area contributed by atoms with Crippen LogP contribution >= 0.6 is 0 Å². The number of amides is 1. The maximum Gasteiger partial charge on any atom is 0.346 e. The molecule has 2 aromatic heterocycles. The van der Waals surface area contributed by atoms with Crippen molar-refractivity contribution in [2.75, 3.05) is 59.4 Å². The lowest BCUT2D eigenvalue weighted by Gasteiger charge is -2.32. The van der Waals surface area contributed by atoms with Crippen molar-refractivity contribution in [1.82, 2.24) is 20.4 Å². The van der Waals surface area contributed by atoms with Crippen LogP contribution in [0, 0.1) is 0 Å². The van der Waals surface area contributed by atoms with E-state index in [2.05, 4.69) is 19.5 Å². The largest absolute Gasteiger partial charge is 0.478 e. The van der Waals surface area contributed by atoms with Gasteiger partial charge in [-0.1, -0.05) is 0 Å². The van der Waals surface area contributed by atoms with E-state index in [1.165, 1.54) is 11.8 Å². The van der Waals surface area contributed by atoms with Crippen molar-refractivity contribution in [3.05, 3.63) is 88.2 Å². The van der Waals surface area contributed by atoms with Gasteiger partial charge in [-0.25, -0.2) is 28.8 Å². The molecule has 2 fully saturated rings.